The number of aryl methyl sites for hydroxylation is 4. The topological polar surface area (TPSA) is 51.5 Å². The van der Waals surface area contributed by atoms with Crippen LogP contribution in [0.15, 0.2) is 65.4 Å². The summed E-state index contributed by atoms with van der Waals surface area (Å²) in [6.45, 7) is 12.0. The van der Waals surface area contributed by atoms with Crippen molar-refractivity contribution in [2.45, 2.75) is 41.5 Å². The Bertz CT molecular complexity index is 1370. The molecule has 4 rings (SSSR count). The molecule has 174 valence electrons. The number of ether oxygens (including phenoxy) is 1. The van der Waals surface area contributed by atoms with Gasteiger partial charge < -0.3 is 9.30 Å². The molecule has 0 aliphatic carbocycles. The van der Waals surface area contributed by atoms with E-state index in [9.17, 15) is 9.59 Å². The van der Waals surface area contributed by atoms with E-state index in [4.69, 9.17) is 4.74 Å². The molecule has 0 N–H and O–H groups in total. The number of carbonyl (C=O) groups excluding carboxylic acids is 2. The minimum atomic E-state index is -0.518. The van der Waals surface area contributed by atoms with Gasteiger partial charge in [-0.3, -0.25) is 9.69 Å². The van der Waals surface area contributed by atoms with Crippen LogP contribution in [0.25, 0.3) is 11.8 Å². The monoisotopic (exact) mass is 454 g/mol. The number of rotatable bonds is 4. The fourth-order valence-corrected chi connectivity index (χ4v) is 4.61. The predicted molar refractivity (Wildman–Crippen MR) is 136 cm³/mol. The standard InChI is InChI=1S/C29H30N2O3/c1-17-9-12-24(13-10-17)31-22(6)27(29(33)34-7)25(28(31)32)16-23-15-20(4)30(21(23)5)26-14-18(2)8-11-19(26)3/h8-16H,1-7H3/b25-16-. The summed E-state index contributed by atoms with van der Waals surface area (Å²) >= 11 is 0. The molecule has 2 aromatic carbocycles. The lowest BCUT2D eigenvalue weighted by Crippen LogP contribution is -2.24. The molecule has 0 unspecified atom stereocenters. The largest absolute Gasteiger partial charge is 0.465 e. The molecule has 5 heteroatoms. The number of hydrogen-bond donors (Lipinski definition) is 0. The molecule has 3 aromatic rings. The van der Waals surface area contributed by atoms with Gasteiger partial charge in [0.15, 0.2) is 0 Å². The first-order valence-electron chi connectivity index (χ1n) is 11.3. The Morgan fingerprint density at radius 1 is 0.882 bits per heavy atom. The summed E-state index contributed by atoms with van der Waals surface area (Å²) in [5.74, 6) is -0.756. The van der Waals surface area contributed by atoms with Crippen molar-refractivity contribution in [3.05, 3.63) is 99.0 Å². The number of hydrogen-bond acceptors (Lipinski definition) is 3. The second-order valence-electron chi connectivity index (χ2n) is 8.94. The molecule has 2 heterocycles. The zero-order valence-electron chi connectivity index (χ0n) is 20.8. The highest BCUT2D eigenvalue weighted by atomic mass is 16.5. The van der Waals surface area contributed by atoms with E-state index in [0.717, 1.165) is 33.9 Å². The normalized spacial score (nSPS) is 15.0. The lowest BCUT2D eigenvalue weighted by Gasteiger charge is -2.18. The van der Waals surface area contributed by atoms with E-state index in [0.29, 0.717) is 16.8 Å². The smallest absolute Gasteiger partial charge is 0.340 e. The van der Waals surface area contributed by atoms with E-state index in [1.807, 2.05) is 51.1 Å². The van der Waals surface area contributed by atoms with Gasteiger partial charge in [-0.2, -0.15) is 0 Å². The quantitative estimate of drug-likeness (QED) is 0.364. The summed E-state index contributed by atoms with van der Waals surface area (Å²) in [7, 11) is 1.34. The van der Waals surface area contributed by atoms with E-state index >= 15 is 0 Å². The molecule has 0 fully saturated rings. The maximum Gasteiger partial charge on any atom is 0.340 e. The minimum Gasteiger partial charge on any atom is -0.465 e. The number of nitrogens with zero attached hydrogens (tertiary/aromatic N) is 2. The van der Waals surface area contributed by atoms with Crippen LogP contribution in [-0.4, -0.2) is 23.6 Å². The van der Waals surface area contributed by atoms with Gasteiger partial charge in [-0.1, -0.05) is 29.8 Å². The van der Waals surface area contributed by atoms with Crippen LogP contribution in [0.2, 0.25) is 0 Å². The van der Waals surface area contributed by atoms with Crippen LogP contribution in [0, 0.1) is 34.6 Å². The van der Waals surface area contributed by atoms with Gasteiger partial charge in [0.05, 0.1) is 18.3 Å². The van der Waals surface area contributed by atoms with E-state index in [-0.39, 0.29) is 5.91 Å². The average molecular weight is 455 g/mol. The Kier molecular flexibility index (Phi) is 6.05. The third-order valence-corrected chi connectivity index (χ3v) is 6.46. The highest BCUT2D eigenvalue weighted by molar-refractivity contribution is 6.23. The third-order valence-electron chi connectivity index (χ3n) is 6.46. The molecular formula is C29H30N2O3. The van der Waals surface area contributed by atoms with Crippen molar-refractivity contribution in [2.24, 2.45) is 0 Å². The van der Waals surface area contributed by atoms with Crippen LogP contribution in [0.1, 0.15) is 40.6 Å². The molecule has 0 spiro atoms. The van der Waals surface area contributed by atoms with E-state index in [1.54, 1.807) is 11.8 Å². The van der Waals surface area contributed by atoms with Crippen molar-refractivity contribution in [1.29, 1.82) is 0 Å². The molecule has 0 radical (unpaired) electrons. The maximum absolute atomic E-state index is 13.6. The molecule has 1 aliphatic heterocycles. The number of aromatic nitrogens is 1. The second-order valence-corrected chi connectivity index (χ2v) is 8.94. The SMILES string of the molecule is COC(=O)C1=C(C)N(c2ccc(C)cc2)C(=O)/C1=C\c1cc(C)n(-c2cc(C)ccc2C)c1C. The third kappa shape index (κ3) is 3.87. The lowest BCUT2D eigenvalue weighted by atomic mass is 10.0. The first kappa shape index (κ1) is 23.3. The number of benzene rings is 2. The van der Waals surface area contributed by atoms with Crippen LogP contribution in [0.3, 0.4) is 0 Å². The van der Waals surface area contributed by atoms with Crippen molar-refractivity contribution in [2.75, 3.05) is 12.0 Å². The summed E-state index contributed by atoms with van der Waals surface area (Å²) in [5.41, 5.74) is 9.42. The van der Waals surface area contributed by atoms with Crippen LogP contribution in [-0.2, 0) is 14.3 Å². The number of allylic oxidation sites excluding steroid dienone is 1. The average Bonchev–Trinajstić information content (AvgIpc) is 3.22. The van der Waals surface area contributed by atoms with Gasteiger partial charge in [-0.15, -0.1) is 0 Å². The second kappa shape index (κ2) is 8.82. The van der Waals surface area contributed by atoms with Crippen LogP contribution < -0.4 is 4.90 Å². The Labute approximate surface area is 201 Å². The summed E-state index contributed by atoms with van der Waals surface area (Å²) < 4.78 is 7.25. The number of amides is 1. The first-order valence-corrected chi connectivity index (χ1v) is 11.3. The first-order chi connectivity index (χ1) is 16.1. The number of methoxy groups -OCH3 is 1. The molecule has 5 nitrogen and oxygen atoms in total. The van der Waals surface area contributed by atoms with Crippen LogP contribution in [0.4, 0.5) is 5.69 Å². The highest BCUT2D eigenvalue weighted by Gasteiger charge is 2.38. The van der Waals surface area contributed by atoms with Crippen molar-refractivity contribution in [3.8, 4) is 5.69 Å². The Hall–Kier alpha value is -3.86. The van der Waals surface area contributed by atoms with E-state index in [2.05, 4.69) is 42.7 Å². The molecule has 0 saturated heterocycles. The number of carbonyl (C=O) groups is 2. The highest BCUT2D eigenvalue weighted by Crippen LogP contribution is 2.36. The molecule has 1 aliphatic rings. The fraction of sp³-hybridized carbons (Fsp3) is 0.241. The maximum atomic E-state index is 13.6. The Morgan fingerprint density at radius 2 is 1.53 bits per heavy atom. The van der Waals surface area contributed by atoms with Crippen molar-refractivity contribution in [3.63, 3.8) is 0 Å². The van der Waals surface area contributed by atoms with Gasteiger partial charge in [-0.25, -0.2) is 4.79 Å². The van der Waals surface area contributed by atoms with Gasteiger partial charge >= 0.3 is 5.97 Å². The molecule has 0 atom stereocenters. The molecule has 0 bridgehead atoms. The molecule has 1 aromatic heterocycles. The van der Waals surface area contributed by atoms with E-state index in [1.165, 1.54) is 18.2 Å². The van der Waals surface area contributed by atoms with Gasteiger partial charge in [0.2, 0.25) is 0 Å². The van der Waals surface area contributed by atoms with Crippen molar-refractivity contribution in [1.82, 2.24) is 4.57 Å². The summed E-state index contributed by atoms with van der Waals surface area (Å²) in [6.07, 6.45) is 1.82. The van der Waals surface area contributed by atoms with Crippen LogP contribution in [0.5, 0.6) is 0 Å². The molecule has 1 amide bonds. The summed E-state index contributed by atoms with van der Waals surface area (Å²) in [4.78, 5) is 28.0. The molecular weight excluding hydrogens is 424 g/mol. The van der Waals surface area contributed by atoms with Crippen LogP contribution >= 0.6 is 0 Å². The summed E-state index contributed by atoms with van der Waals surface area (Å²) in [5, 5.41) is 0. The summed E-state index contributed by atoms with van der Waals surface area (Å²) in [6, 6.07) is 16.1. The Balaban J connectivity index is 1.86. The fourth-order valence-electron chi connectivity index (χ4n) is 4.61. The minimum absolute atomic E-state index is 0.238. The van der Waals surface area contributed by atoms with Gasteiger partial charge in [0.1, 0.15) is 0 Å². The van der Waals surface area contributed by atoms with Gasteiger partial charge in [-0.05, 0) is 88.6 Å². The number of anilines is 1. The lowest BCUT2D eigenvalue weighted by molar-refractivity contribution is -0.136. The van der Waals surface area contributed by atoms with Crippen molar-refractivity contribution < 1.29 is 14.3 Å². The van der Waals surface area contributed by atoms with Gasteiger partial charge in [0, 0.05) is 28.5 Å². The predicted octanol–water partition coefficient (Wildman–Crippen LogP) is 5.90. The molecule has 34 heavy (non-hydrogen) atoms. The zero-order valence-corrected chi connectivity index (χ0v) is 20.8. The molecule has 0 saturated carbocycles. The van der Waals surface area contributed by atoms with E-state index < -0.39 is 5.97 Å². The van der Waals surface area contributed by atoms with Crippen molar-refractivity contribution >= 4 is 23.6 Å². The Morgan fingerprint density at radius 3 is 2.18 bits per heavy atom. The number of esters is 1. The zero-order chi connectivity index (χ0) is 24.7. The van der Waals surface area contributed by atoms with Gasteiger partial charge in [0.25, 0.3) is 5.91 Å².